The Morgan fingerprint density at radius 1 is 0.963 bits per heavy atom. The topological polar surface area (TPSA) is 111 Å². The number of rotatable bonds is 6. The molecule has 0 bridgehead atoms. The molecular formula is C19H21N3O5. The van der Waals surface area contributed by atoms with E-state index in [4.69, 9.17) is 4.74 Å². The van der Waals surface area contributed by atoms with Gasteiger partial charge in [-0.2, -0.15) is 0 Å². The Hall–Kier alpha value is -3.42. The zero-order chi connectivity index (χ0) is 20.0. The molecule has 8 heteroatoms. The number of nitrogens with zero attached hydrogens (tertiary/aromatic N) is 1. The molecule has 2 aromatic carbocycles. The van der Waals surface area contributed by atoms with Gasteiger partial charge >= 0.3 is 0 Å². The number of ether oxygens (including phenoxy) is 1. The van der Waals surface area contributed by atoms with Gasteiger partial charge in [-0.3, -0.25) is 30.6 Å². The molecule has 0 fully saturated rings. The molecule has 0 heterocycles. The maximum atomic E-state index is 12.1. The van der Waals surface area contributed by atoms with Gasteiger partial charge in [0, 0.05) is 17.7 Å². The van der Waals surface area contributed by atoms with Gasteiger partial charge in [-0.25, -0.2) is 0 Å². The van der Waals surface area contributed by atoms with Gasteiger partial charge in [0.05, 0.1) is 4.92 Å². The number of nitro benzene ring substituents is 1. The van der Waals surface area contributed by atoms with E-state index in [2.05, 4.69) is 24.7 Å². The van der Waals surface area contributed by atoms with Crippen molar-refractivity contribution in [3.63, 3.8) is 0 Å². The number of hydrogen-bond acceptors (Lipinski definition) is 5. The van der Waals surface area contributed by atoms with E-state index >= 15 is 0 Å². The highest BCUT2D eigenvalue weighted by atomic mass is 16.6. The largest absolute Gasteiger partial charge is 0.481 e. The van der Waals surface area contributed by atoms with Crippen molar-refractivity contribution < 1.29 is 19.2 Å². The number of nitrogens with one attached hydrogen (secondary N) is 2. The molecule has 0 aliphatic carbocycles. The Labute approximate surface area is 156 Å². The highest BCUT2D eigenvalue weighted by Gasteiger charge is 2.16. The minimum atomic E-state index is -0.827. The number of carbonyl (C=O) groups excluding carboxylic acids is 2. The lowest BCUT2D eigenvalue weighted by molar-refractivity contribution is -0.384. The number of amides is 2. The quantitative estimate of drug-likeness (QED) is 0.599. The van der Waals surface area contributed by atoms with Crippen LogP contribution in [0.4, 0.5) is 5.69 Å². The van der Waals surface area contributed by atoms with Crippen molar-refractivity contribution in [3.8, 4) is 5.75 Å². The third-order valence-electron chi connectivity index (χ3n) is 3.87. The van der Waals surface area contributed by atoms with Crippen LogP contribution < -0.4 is 15.6 Å². The van der Waals surface area contributed by atoms with E-state index in [0.29, 0.717) is 11.7 Å². The third kappa shape index (κ3) is 5.53. The van der Waals surface area contributed by atoms with Crippen LogP contribution in [0, 0.1) is 10.1 Å². The summed E-state index contributed by atoms with van der Waals surface area (Å²) in [6, 6.07) is 12.5. The molecule has 2 aromatic rings. The fraction of sp³-hybridized carbons (Fsp3) is 0.263. The van der Waals surface area contributed by atoms with Crippen LogP contribution in [0.5, 0.6) is 5.75 Å². The van der Waals surface area contributed by atoms with Crippen LogP contribution in [0.25, 0.3) is 0 Å². The Morgan fingerprint density at radius 2 is 1.56 bits per heavy atom. The Balaban J connectivity index is 1.86. The van der Waals surface area contributed by atoms with E-state index in [0.717, 1.165) is 5.56 Å². The zero-order valence-electron chi connectivity index (χ0n) is 15.3. The van der Waals surface area contributed by atoms with Crippen LogP contribution in [-0.4, -0.2) is 22.8 Å². The zero-order valence-corrected chi connectivity index (χ0v) is 15.3. The number of nitro groups is 1. The smallest absolute Gasteiger partial charge is 0.279 e. The number of benzene rings is 2. The Bertz CT molecular complexity index is 816. The number of hydrogen-bond donors (Lipinski definition) is 2. The lowest BCUT2D eigenvalue weighted by Crippen LogP contribution is -2.47. The van der Waals surface area contributed by atoms with Crippen LogP contribution in [-0.2, 0) is 4.79 Å². The molecule has 27 heavy (non-hydrogen) atoms. The summed E-state index contributed by atoms with van der Waals surface area (Å²) in [5, 5.41) is 10.6. The fourth-order valence-corrected chi connectivity index (χ4v) is 2.22. The molecule has 0 spiro atoms. The van der Waals surface area contributed by atoms with Crippen molar-refractivity contribution >= 4 is 17.5 Å². The first-order valence-electron chi connectivity index (χ1n) is 8.39. The molecule has 0 radical (unpaired) electrons. The van der Waals surface area contributed by atoms with E-state index in [9.17, 15) is 19.7 Å². The molecule has 142 valence electrons. The van der Waals surface area contributed by atoms with Gasteiger partial charge in [0.25, 0.3) is 17.5 Å². The summed E-state index contributed by atoms with van der Waals surface area (Å²) < 4.78 is 5.55. The molecule has 0 saturated heterocycles. The molecule has 0 aliphatic rings. The summed E-state index contributed by atoms with van der Waals surface area (Å²) in [5.74, 6) is -0.178. The van der Waals surface area contributed by atoms with Gasteiger partial charge in [0.1, 0.15) is 5.75 Å². The van der Waals surface area contributed by atoms with E-state index < -0.39 is 22.8 Å². The average molecular weight is 371 g/mol. The molecule has 1 unspecified atom stereocenters. The lowest BCUT2D eigenvalue weighted by atomic mass is 10.0. The van der Waals surface area contributed by atoms with Crippen LogP contribution in [0.3, 0.4) is 0 Å². The Morgan fingerprint density at radius 3 is 2.07 bits per heavy atom. The standard InChI is InChI=1S/C19H21N3O5/c1-12(2)14-6-10-17(11-7-14)27-13(3)18(23)20-21-19(24)15-4-8-16(9-5-15)22(25)26/h4-13H,1-3H3,(H,20,23)(H,21,24). The van der Waals surface area contributed by atoms with E-state index in [1.54, 1.807) is 19.1 Å². The summed E-state index contributed by atoms with van der Waals surface area (Å²) in [6.45, 7) is 5.73. The van der Waals surface area contributed by atoms with Crippen LogP contribution in [0.15, 0.2) is 48.5 Å². The van der Waals surface area contributed by atoms with E-state index in [1.165, 1.54) is 24.3 Å². The first-order chi connectivity index (χ1) is 12.8. The number of non-ortho nitro benzene ring substituents is 1. The van der Waals surface area contributed by atoms with Gasteiger partial charge in [0.15, 0.2) is 6.10 Å². The maximum absolute atomic E-state index is 12.1. The van der Waals surface area contributed by atoms with Crippen molar-refractivity contribution in [3.05, 3.63) is 69.8 Å². The highest BCUT2D eigenvalue weighted by Crippen LogP contribution is 2.19. The summed E-state index contributed by atoms with van der Waals surface area (Å²) in [7, 11) is 0. The highest BCUT2D eigenvalue weighted by molar-refractivity contribution is 5.95. The first kappa shape index (κ1) is 19.9. The lowest BCUT2D eigenvalue weighted by Gasteiger charge is -2.16. The molecule has 8 nitrogen and oxygen atoms in total. The van der Waals surface area contributed by atoms with Gasteiger partial charge in [-0.1, -0.05) is 26.0 Å². The molecule has 0 saturated carbocycles. The summed E-state index contributed by atoms with van der Waals surface area (Å²) >= 11 is 0. The number of carbonyl (C=O) groups is 2. The van der Waals surface area contributed by atoms with Crippen molar-refractivity contribution in [1.82, 2.24) is 10.9 Å². The molecule has 0 aromatic heterocycles. The predicted molar refractivity (Wildman–Crippen MR) is 99.3 cm³/mol. The SMILES string of the molecule is CC(Oc1ccc(C(C)C)cc1)C(=O)NNC(=O)c1ccc([N+](=O)[O-])cc1. The van der Waals surface area contributed by atoms with E-state index in [1.807, 2.05) is 12.1 Å². The molecular weight excluding hydrogens is 350 g/mol. The Kier molecular flexibility index (Phi) is 6.48. The fourth-order valence-electron chi connectivity index (χ4n) is 2.22. The first-order valence-corrected chi connectivity index (χ1v) is 8.39. The minimum Gasteiger partial charge on any atom is -0.481 e. The van der Waals surface area contributed by atoms with Gasteiger partial charge in [-0.05, 0) is 42.7 Å². The third-order valence-corrected chi connectivity index (χ3v) is 3.87. The normalized spacial score (nSPS) is 11.6. The van der Waals surface area contributed by atoms with Crippen molar-refractivity contribution in [2.75, 3.05) is 0 Å². The minimum absolute atomic E-state index is 0.124. The average Bonchev–Trinajstić information content (AvgIpc) is 2.66. The molecule has 2 amide bonds. The van der Waals surface area contributed by atoms with Crippen molar-refractivity contribution in [2.45, 2.75) is 32.8 Å². The molecule has 0 aliphatic heterocycles. The van der Waals surface area contributed by atoms with Crippen molar-refractivity contribution in [1.29, 1.82) is 0 Å². The van der Waals surface area contributed by atoms with Crippen LogP contribution in [0.1, 0.15) is 42.6 Å². The number of hydrazine groups is 1. The van der Waals surface area contributed by atoms with Crippen LogP contribution in [0.2, 0.25) is 0 Å². The second-order valence-electron chi connectivity index (χ2n) is 6.23. The monoisotopic (exact) mass is 371 g/mol. The second-order valence-corrected chi connectivity index (χ2v) is 6.23. The van der Waals surface area contributed by atoms with Crippen molar-refractivity contribution in [2.24, 2.45) is 0 Å². The maximum Gasteiger partial charge on any atom is 0.279 e. The van der Waals surface area contributed by atoms with E-state index in [-0.39, 0.29) is 11.3 Å². The molecule has 1 atom stereocenters. The summed E-state index contributed by atoms with van der Waals surface area (Å²) in [6.07, 6.45) is -0.827. The van der Waals surface area contributed by atoms with Crippen LogP contribution >= 0.6 is 0 Å². The molecule has 2 rings (SSSR count). The molecule has 2 N–H and O–H groups in total. The van der Waals surface area contributed by atoms with Gasteiger partial charge in [-0.15, -0.1) is 0 Å². The summed E-state index contributed by atoms with van der Waals surface area (Å²) in [4.78, 5) is 34.1. The summed E-state index contributed by atoms with van der Waals surface area (Å²) in [5.41, 5.74) is 5.74. The predicted octanol–water partition coefficient (Wildman–Crippen LogP) is 2.95. The van der Waals surface area contributed by atoms with Gasteiger partial charge < -0.3 is 4.74 Å². The van der Waals surface area contributed by atoms with Gasteiger partial charge in [0.2, 0.25) is 0 Å². The second kappa shape index (κ2) is 8.79.